The number of amides is 2. The van der Waals surface area contributed by atoms with E-state index in [9.17, 15) is 9.59 Å². The van der Waals surface area contributed by atoms with Crippen LogP contribution in [0.15, 0.2) is 66.9 Å². The summed E-state index contributed by atoms with van der Waals surface area (Å²) in [6.45, 7) is 0.491. The number of para-hydroxylation sites is 1. The predicted molar refractivity (Wildman–Crippen MR) is 137 cm³/mol. The van der Waals surface area contributed by atoms with Crippen LogP contribution in [0.1, 0.15) is 25.7 Å². The van der Waals surface area contributed by atoms with E-state index in [0.29, 0.717) is 35.1 Å². The van der Waals surface area contributed by atoms with Crippen molar-refractivity contribution in [2.75, 3.05) is 32.6 Å². The van der Waals surface area contributed by atoms with E-state index in [-0.39, 0.29) is 11.8 Å². The second kappa shape index (κ2) is 9.31. The van der Waals surface area contributed by atoms with Crippen molar-refractivity contribution < 1.29 is 14.3 Å². The van der Waals surface area contributed by atoms with E-state index in [1.807, 2.05) is 48.5 Å². The van der Waals surface area contributed by atoms with E-state index in [1.165, 1.54) is 11.3 Å². The van der Waals surface area contributed by atoms with Crippen LogP contribution in [0.2, 0.25) is 0 Å². The highest BCUT2D eigenvalue weighted by molar-refractivity contribution is 7.17. The zero-order valence-corrected chi connectivity index (χ0v) is 20.5. The Morgan fingerprint density at radius 3 is 2.63 bits per heavy atom. The van der Waals surface area contributed by atoms with Gasteiger partial charge in [0.15, 0.2) is 0 Å². The topological polar surface area (TPSA) is 75.6 Å². The molecule has 1 aromatic carbocycles. The third-order valence-electron chi connectivity index (χ3n) is 5.92. The number of thiophene rings is 1. The Morgan fingerprint density at radius 2 is 1.89 bits per heavy atom. The van der Waals surface area contributed by atoms with Crippen molar-refractivity contribution in [3.8, 4) is 27.6 Å². The molecular formula is C27H24N4O3S. The van der Waals surface area contributed by atoms with Crippen LogP contribution in [0.4, 0.5) is 5.69 Å². The number of anilines is 1. The largest absolute Gasteiger partial charge is 0.481 e. The number of rotatable bonds is 4. The molecule has 4 heterocycles. The normalized spacial score (nSPS) is 12.4. The highest BCUT2D eigenvalue weighted by Gasteiger charge is 2.28. The Bertz CT molecular complexity index is 1410. The molecule has 0 aliphatic carbocycles. The van der Waals surface area contributed by atoms with Crippen molar-refractivity contribution in [3.63, 3.8) is 0 Å². The molecule has 8 heteroatoms. The number of pyridine rings is 2. The molecule has 35 heavy (non-hydrogen) atoms. The molecule has 0 unspecified atom stereocenters. The summed E-state index contributed by atoms with van der Waals surface area (Å²) in [5, 5.41) is 0. The van der Waals surface area contributed by atoms with Crippen molar-refractivity contribution in [1.82, 2.24) is 14.9 Å². The second-order valence-corrected chi connectivity index (χ2v) is 9.44. The fraction of sp³-hybridized carbons (Fsp3) is 0.185. The molecule has 3 aromatic heterocycles. The van der Waals surface area contributed by atoms with Gasteiger partial charge in [-0.1, -0.05) is 24.3 Å². The zero-order valence-electron chi connectivity index (χ0n) is 19.7. The Labute approximate surface area is 207 Å². The first-order chi connectivity index (χ1) is 17.0. The minimum absolute atomic E-state index is 0.0116. The lowest BCUT2D eigenvalue weighted by Crippen LogP contribution is -2.33. The fourth-order valence-corrected chi connectivity index (χ4v) is 5.40. The van der Waals surface area contributed by atoms with Gasteiger partial charge in [0.25, 0.3) is 11.8 Å². The average Bonchev–Trinajstić information content (AvgIpc) is 3.26. The molecule has 0 saturated carbocycles. The number of hydrogen-bond acceptors (Lipinski definition) is 6. The van der Waals surface area contributed by atoms with Crippen molar-refractivity contribution in [2.45, 2.75) is 6.42 Å². The summed E-state index contributed by atoms with van der Waals surface area (Å²) in [6, 6.07) is 18.9. The van der Waals surface area contributed by atoms with Gasteiger partial charge in [-0.2, -0.15) is 0 Å². The summed E-state index contributed by atoms with van der Waals surface area (Å²) in [5.41, 5.74) is 4.68. The van der Waals surface area contributed by atoms with Crippen LogP contribution in [0.3, 0.4) is 0 Å². The van der Waals surface area contributed by atoms with Gasteiger partial charge in [-0.25, -0.2) is 9.97 Å². The van der Waals surface area contributed by atoms with E-state index >= 15 is 0 Å². The minimum Gasteiger partial charge on any atom is -0.481 e. The summed E-state index contributed by atoms with van der Waals surface area (Å²) < 4.78 is 5.13. The smallest absolute Gasteiger partial charge is 0.276 e. The van der Waals surface area contributed by atoms with Crippen molar-refractivity contribution in [2.24, 2.45) is 0 Å². The van der Waals surface area contributed by atoms with Crippen molar-refractivity contribution in [3.05, 3.63) is 83.0 Å². The van der Waals surface area contributed by atoms with Crippen LogP contribution in [-0.2, 0) is 6.42 Å². The Hall–Kier alpha value is -4.04. The maximum Gasteiger partial charge on any atom is 0.276 e. The zero-order chi connectivity index (χ0) is 24.5. The van der Waals surface area contributed by atoms with Gasteiger partial charge in [0, 0.05) is 48.9 Å². The van der Waals surface area contributed by atoms with Gasteiger partial charge in [-0.05, 0) is 42.3 Å². The van der Waals surface area contributed by atoms with E-state index in [1.54, 1.807) is 49.3 Å². The molecule has 0 fully saturated rings. The molecule has 5 rings (SSSR count). The quantitative estimate of drug-likeness (QED) is 0.417. The van der Waals surface area contributed by atoms with Crippen LogP contribution in [0.5, 0.6) is 5.88 Å². The van der Waals surface area contributed by atoms with Crippen LogP contribution in [0.25, 0.3) is 21.7 Å². The maximum absolute atomic E-state index is 13.7. The van der Waals surface area contributed by atoms with Gasteiger partial charge >= 0.3 is 0 Å². The van der Waals surface area contributed by atoms with Gasteiger partial charge in [-0.3, -0.25) is 9.59 Å². The van der Waals surface area contributed by atoms with Crippen molar-refractivity contribution >= 4 is 28.8 Å². The summed E-state index contributed by atoms with van der Waals surface area (Å²) in [4.78, 5) is 40.3. The van der Waals surface area contributed by atoms with Crippen molar-refractivity contribution in [1.29, 1.82) is 0 Å². The van der Waals surface area contributed by atoms with Crippen LogP contribution < -0.4 is 9.64 Å². The third-order valence-corrected chi connectivity index (χ3v) is 7.12. The van der Waals surface area contributed by atoms with Crippen LogP contribution in [0, 0.1) is 0 Å². The Kier molecular flexibility index (Phi) is 6.05. The Balaban J connectivity index is 1.50. The molecule has 0 spiro atoms. The highest BCUT2D eigenvalue weighted by Crippen LogP contribution is 2.42. The fourth-order valence-electron chi connectivity index (χ4n) is 4.14. The number of carbonyl (C=O) groups excluding carboxylic acids is 2. The SMILES string of the molecule is COc1ccc(-c2cccc(C(=O)N3CCc4cc(C(=O)N(C)C)sc4-c4ccccc43)n2)cn1. The molecule has 0 radical (unpaired) electrons. The molecule has 4 aromatic rings. The lowest BCUT2D eigenvalue weighted by Gasteiger charge is -2.23. The molecule has 0 N–H and O–H groups in total. The van der Waals surface area contributed by atoms with E-state index in [4.69, 9.17) is 4.74 Å². The number of benzene rings is 1. The van der Waals surface area contributed by atoms with Gasteiger partial charge in [0.05, 0.1) is 23.4 Å². The Morgan fingerprint density at radius 1 is 1.06 bits per heavy atom. The number of aromatic nitrogens is 2. The summed E-state index contributed by atoms with van der Waals surface area (Å²) >= 11 is 1.48. The van der Waals surface area contributed by atoms with Gasteiger partial charge < -0.3 is 14.5 Å². The predicted octanol–water partition coefficient (Wildman–Crippen LogP) is 4.79. The van der Waals surface area contributed by atoms with E-state index in [2.05, 4.69) is 9.97 Å². The standard InChI is InChI=1S/C27H24N4O3S/c1-30(2)27(33)23-15-17-13-14-31(22-10-5-4-7-19(22)25(17)35-23)26(32)21-9-6-8-20(29-21)18-11-12-24(34-3)28-16-18/h4-12,15-16H,13-14H2,1-3H3. The first-order valence-electron chi connectivity index (χ1n) is 11.2. The van der Waals surface area contributed by atoms with Crippen LogP contribution >= 0.6 is 11.3 Å². The van der Waals surface area contributed by atoms with Gasteiger partial charge in [0.1, 0.15) is 5.69 Å². The molecule has 176 valence electrons. The van der Waals surface area contributed by atoms with Gasteiger partial charge in [0.2, 0.25) is 5.88 Å². The number of nitrogens with zero attached hydrogens (tertiary/aromatic N) is 4. The molecule has 2 amide bonds. The lowest BCUT2D eigenvalue weighted by molar-refractivity contribution is 0.0831. The highest BCUT2D eigenvalue weighted by atomic mass is 32.1. The monoisotopic (exact) mass is 484 g/mol. The third kappa shape index (κ3) is 4.28. The molecule has 7 nitrogen and oxygen atoms in total. The second-order valence-electron chi connectivity index (χ2n) is 8.39. The number of carbonyl (C=O) groups is 2. The maximum atomic E-state index is 13.7. The molecule has 0 bridgehead atoms. The first kappa shape index (κ1) is 22.7. The molecule has 1 aliphatic rings. The number of methoxy groups -OCH3 is 1. The lowest BCUT2D eigenvalue weighted by atomic mass is 10.1. The van der Waals surface area contributed by atoms with E-state index in [0.717, 1.165) is 27.3 Å². The van der Waals surface area contributed by atoms with E-state index < -0.39 is 0 Å². The minimum atomic E-state index is -0.166. The summed E-state index contributed by atoms with van der Waals surface area (Å²) in [7, 11) is 5.08. The summed E-state index contributed by atoms with van der Waals surface area (Å²) in [5.74, 6) is 0.341. The molecule has 0 saturated heterocycles. The first-order valence-corrected chi connectivity index (χ1v) is 12.0. The average molecular weight is 485 g/mol. The number of ether oxygens (including phenoxy) is 1. The summed E-state index contributed by atoms with van der Waals surface area (Å²) in [6.07, 6.45) is 2.33. The number of fused-ring (bicyclic) bond motifs is 3. The molecule has 0 atom stereocenters. The molecule has 1 aliphatic heterocycles. The van der Waals surface area contributed by atoms with Gasteiger partial charge in [-0.15, -0.1) is 11.3 Å². The van der Waals surface area contributed by atoms with Crippen LogP contribution in [-0.4, -0.2) is 54.4 Å². The molecular weight excluding hydrogens is 460 g/mol. The number of hydrogen-bond donors (Lipinski definition) is 0.